The van der Waals surface area contributed by atoms with Crippen LogP contribution < -0.4 is 0 Å². The smallest absolute Gasteiger partial charge is 0.289 e. The van der Waals surface area contributed by atoms with Crippen LogP contribution in [0.25, 0.3) is 4.91 Å². The zero-order valence-corrected chi connectivity index (χ0v) is 17.5. The van der Waals surface area contributed by atoms with Crippen molar-refractivity contribution >= 4 is 26.7 Å². The van der Waals surface area contributed by atoms with E-state index in [-0.39, 0.29) is 10.8 Å². The van der Waals surface area contributed by atoms with E-state index in [1.54, 1.807) is 24.0 Å². The highest BCUT2D eigenvalue weighted by Gasteiger charge is 2.35. The minimum atomic E-state index is -3.75. The van der Waals surface area contributed by atoms with Gasteiger partial charge in [0.2, 0.25) is 0 Å². The number of hydrogen-bond acceptors (Lipinski definition) is 5. The molecule has 0 aliphatic carbocycles. The Morgan fingerprint density at radius 2 is 1.76 bits per heavy atom. The van der Waals surface area contributed by atoms with Gasteiger partial charge in [0, 0.05) is 31.8 Å². The van der Waals surface area contributed by atoms with Crippen molar-refractivity contribution in [2.45, 2.75) is 20.8 Å². The number of rotatable bonds is 2. The number of aryl methyl sites for hydroxylation is 2. The van der Waals surface area contributed by atoms with Crippen LogP contribution in [-0.2, 0) is 10.0 Å². The van der Waals surface area contributed by atoms with Gasteiger partial charge in [0.25, 0.3) is 15.9 Å². The second kappa shape index (κ2) is 7.18. The molecular formula is C21H23N3O4S. The lowest BCUT2D eigenvalue weighted by Crippen LogP contribution is -2.50. The molecule has 29 heavy (non-hydrogen) atoms. The maximum atomic E-state index is 12.8. The number of amidine groups is 1. The maximum Gasteiger partial charge on any atom is 0.289 e. The Hall–Kier alpha value is -2.87. The Morgan fingerprint density at radius 1 is 1.03 bits per heavy atom. The van der Waals surface area contributed by atoms with E-state index in [4.69, 9.17) is 4.42 Å². The van der Waals surface area contributed by atoms with Crippen LogP contribution in [0.1, 0.15) is 34.2 Å². The van der Waals surface area contributed by atoms with Crippen LogP contribution >= 0.6 is 0 Å². The number of carbonyl (C=O) groups is 1. The van der Waals surface area contributed by atoms with Crippen LogP contribution in [0.15, 0.2) is 51.0 Å². The van der Waals surface area contributed by atoms with Crippen molar-refractivity contribution in [1.29, 1.82) is 0 Å². The highest BCUT2D eigenvalue weighted by Crippen LogP contribution is 2.34. The molecule has 3 heterocycles. The first kappa shape index (κ1) is 19.4. The summed E-state index contributed by atoms with van der Waals surface area (Å²) in [5, 5.41) is 0. The molecule has 1 saturated heterocycles. The molecule has 0 unspecified atom stereocenters. The minimum Gasteiger partial charge on any atom is -0.459 e. The van der Waals surface area contributed by atoms with Crippen LogP contribution in [0.2, 0.25) is 0 Å². The van der Waals surface area contributed by atoms with Gasteiger partial charge in [-0.2, -0.15) is 8.42 Å². The molecule has 7 nitrogen and oxygen atoms in total. The Balaban J connectivity index is 1.56. The molecule has 0 spiro atoms. The van der Waals surface area contributed by atoms with Gasteiger partial charge in [-0.05, 0) is 49.6 Å². The Morgan fingerprint density at radius 3 is 2.38 bits per heavy atom. The van der Waals surface area contributed by atoms with E-state index in [1.807, 2.05) is 36.9 Å². The number of nitrogens with zero attached hydrogens (tertiary/aromatic N) is 3. The van der Waals surface area contributed by atoms with Gasteiger partial charge in [0.05, 0.1) is 6.26 Å². The lowest BCUT2D eigenvalue weighted by atomic mass is 10.0. The average Bonchev–Trinajstić information content (AvgIpc) is 3.30. The first-order chi connectivity index (χ1) is 13.8. The van der Waals surface area contributed by atoms with E-state index in [1.165, 1.54) is 6.26 Å². The molecule has 0 bridgehead atoms. The molecule has 0 N–H and O–H groups in total. The molecule has 2 aromatic rings. The van der Waals surface area contributed by atoms with Crippen molar-refractivity contribution in [3.63, 3.8) is 0 Å². The standard InChI is InChI=1S/C21H23N3O4S/c1-14-6-7-17(13-15(14)2)19-16(3)20(22-29(19,26)27)23-8-10-24(11-9-23)21(25)18-5-4-12-28-18/h4-7,12-13H,8-11H2,1-3H3. The van der Waals surface area contributed by atoms with E-state index in [0.717, 1.165) is 11.1 Å². The van der Waals surface area contributed by atoms with E-state index in [9.17, 15) is 13.2 Å². The summed E-state index contributed by atoms with van der Waals surface area (Å²) in [6.45, 7) is 7.74. The molecule has 0 saturated carbocycles. The fraction of sp³-hybridized carbons (Fsp3) is 0.333. The first-order valence-electron chi connectivity index (χ1n) is 9.49. The summed E-state index contributed by atoms with van der Waals surface area (Å²) in [6.07, 6.45) is 1.48. The molecule has 2 aliphatic rings. The van der Waals surface area contributed by atoms with Gasteiger partial charge in [0.1, 0.15) is 10.7 Å². The molecule has 1 aromatic carbocycles. The quantitative estimate of drug-likeness (QED) is 0.756. The predicted octanol–water partition coefficient (Wildman–Crippen LogP) is 2.83. The second-order valence-electron chi connectivity index (χ2n) is 7.40. The average molecular weight is 413 g/mol. The molecular weight excluding hydrogens is 390 g/mol. The fourth-order valence-electron chi connectivity index (χ4n) is 3.74. The SMILES string of the molecule is CC1=C(c2ccc(C)c(C)c2)S(=O)(=O)N=C1N1CCN(C(=O)c2ccco2)CC1. The van der Waals surface area contributed by atoms with Crippen molar-refractivity contribution in [3.05, 3.63) is 64.6 Å². The molecule has 4 rings (SSSR count). The fourth-order valence-corrected chi connectivity index (χ4v) is 5.22. The number of benzene rings is 1. The summed E-state index contributed by atoms with van der Waals surface area (Å²) in [7, 11) is -3.75. The van der Waals surface area contributed by atoms with Crippen LogP contribution in [0.5, 0.6) is 0 Å². The highest BCUT2D eigenvalue weighted by molar-refractivity contribution is 8.00. The molecule has 0 atom stereocenters. The summed E-state index contributed by atoms with van der Waals surface area (Å²) in [5.74, 6) is 0.634. The lowest BCUT2D eigenvalue weighted by Gasteiger charge is -2.35. The third-order valence-corrected chi connectivity index (χ3v) is 6.98. The van der Waals surface area contributed by atoms with Gasteiger partial charge in [-0.15, -0.1) is 4.40 Å². The number of sulfonamides is 1. The molecule has 8 heteroatoms. The van der Waals surface area contributed by atoms with Gasteiger partial charge in [0.15, 0.2) is 5.76 Å². The Kier molecular flexibility index (Phi) is 4.82. The number of amides is 1. The molecule has 1 aromatic heterocycles. The van der Waals surface area contributed by atoms with Crippen molar-refractivity contribution in [2.24, 2.45) is 4.40 Å². The monoisotopic (exact) mass is 413 g/mol. The third kappa shape index (κ3) is 3.48. The Labute approximate surface area is 170 Å². The highest BCUT2D eigenvalue weighted by atomic mass is 32.2. The van der Waals surface area contributed by atoms with Gasteiger partial charge in [-0.1, -0.05) is 18.2 Å². The summed E-state index contributed by atoms with van der Waals surface area (Å²) >= 11 is 0. The van der Waals surface area contributed by atoms with Crippen molar-refractivity contribution in [2.75, 3.05) is 26.2 Å². The van der Waals surface area contributed by atoms with Crippen molar-refractivity contribution < 1.29 is 17.6 Å². The van der Waals surface area contributed by atoms with E-state index in [2.05, 4.69) is 4.40 Å². The number of piperazine rings is 1. The van der Waals surface area contributed by atoms with Gasteiger partial charge in [-0.3, -0.25) is 4.79 Å². The molecule has 152 valence electrons. The summed E-state index contributed by atoms with van der Waals surface area (Å²) in [6, 6.07) is 8.98. The zero-order valence-electron chi connectivity index (χ0n) is 16.7. The normalized spacial score (nSPS) is 18.9. The second-order valence-corrected chi connectivity index (χ2v) is 8.94. The largest absolute Gasteiger partial charge is 0.459 e. The molecule has 1 fully saturated rings. The number of hydrogen-bond donors (Lipinski definition) is 0. The Bertz CT molecular complexity index is 1120. The molecule has 1 amide bonds. The van der Waals surface area contributed by atoms with Crippen molar-refractivity contribution in [1.82, 2.24) is 9.80 Å². The van der Waals surface area contributed by atoms with Gasteiger partial charge >= 0.3 is 0 Å². The van der Waals surface area contributed by atoms with E-state index < -0.39 is 10.0 Å². The lowest BCUT2D eigenvalue weighted by molar-refractivity contribution is 0.0660. The molecule has 2 aliphatic heterocycles. The number of furan rings is 1. The summed E-state index contributed by atoms with van der Waals surface area (Å²) in [5.41, 5.74) is 3.47. The summed E-state index contributed by atoms with van der Waals surface area (Å²) < 4.78 is 34.9. The third-order valence-electron chi connectivity index (χ3n) is 5.51. The zero-order chi connectivity index (χ0) is 20.8. The molecule has 0 radical (unpaired) electrons. The van der Waals surface area contributed by atoms with Crippen LogP contribution in [0.3, 0.4) is 0 Å². The van der Waals surface area contributed by atoms with E-state index in [0.29, 0.717) is 48.9 Å². The first-order valence-corrected chi connectivity index (χ1v) is 10.9. The van der Waals surface area contributed by atoms with Gasteiger partial charge < -0.3 is 14.2 Å². The van der Waals surface area contributed by atoms with E-state index >= 15 is 0 Å². The topological polar surface area (TPSA) is 83.2 Å². The van der Waals surface area contributed by atoms with Crippen LogP contribution in [0, 0.1) is 13.8 Å². The van der Waals surface area contributed by atoms with Crippen LogP contribution in [0.4, 0.5) is 0 Å². The predicted molar refractivity (Wildman–Crippen MR) is 111 cm³/mol. The van der Waals surface area contributed by atoms with Gasteiger partial charge in [-0.25, -0.2) is 0 Å². The minimum absolute atomic E-state index is 0.154. The van der Waals surface area contributed by atoms with Crippen molar-refractivity contribution in [3.8, 4) is 0 Å². The van der Waals surface area contributed by atoms with Crippen LogP contribution in [-0.4, -0.2) is 56.1 Å². The number of carbonyl (C=O) groups excluding carboxylic acids is 1. The maximum absolute atomic E-state index is 12.8. The summed E-state index contributed by atoms with van der Waals surface area (Å²) in [4.78, 5) is 16.3.